The zero-order valence-electron chi connectivity index (χ0n) is 13.5. The van der Waals surface area contributed by atoms with Crippen LogP contribution in [0.4, 0.5) is 10.5 Å². The second kappa shape index (κ2) is 7.53. The number of ether oxygens (including phenoxy) is 1. The Kier molecular flexibility index (Phi) is 5.94. The molecule has 2 rings (SSSR count). The molecule has 0 aromatic heterocycles. The molecule has 0 aliphatic heterocycles. The molecule has 1 fully saturated rings. The SMILES string of the molecule is CC(C)(C)OC(=O)NC1CCCC(Nc2cccc(I)c2)C1. The van der Waals surface area contributed by atoms with Crippen LogP contribution < -0.4 is 10.6 Å². The van der Waals surface area contributed by atoms with Crippen LogP contribution in [0.25, 0.3) is 0 Å². The first kappa shape index (κ1) is 17.4. The third kappa shape index (κ3) is 6.02. The van der Waals surface area contributed by atoms with E-state index in [0.717, 1.165) is 31.4 Å². The maximum Gasteiger partial charge on any atom is 0.407 e. The molecule has 1 aliphatic carbocycles. The summed E-state index contributed by atoms with van der Waals surface area (Å²) in [5.74, 6) is 0. The fourth-order valence-corrected chi connectivity index (χ4v) is 3.28. The Hall–Kier alpha value is -0.980. The number of alkyl carbamates (subject to hydrolysis) is 1. The summed E-state index contributed by atoms with van der Waals surface area (Å²) in [7, 11) is 0. The highest BCUT2D eigenvalue weighted by atomic mass is 127. The summed E-state index contributed by atoms with van der Waals surface area (Å²) in [5.41, 5.74) is 0.701. The summed E-state index contributed by atoms with van der Waals surface area (Å²) in [5, 5.41) is 6.58. The van der Waals surface area contributed by atoms with E-state index >= 15 is 0 Å². The summed E-state index contributed by atoms with van der Waals surface area (Å²) in [6.07, 6.45) is 3.89. The Morgan fingerprint density at radius 1 is 1.27 bits per heavy atom. The van der Waals surface area contributed by atoms with Gasteiger partial charge < -0.3 is 15.4 Å². The molecule has 0 radical (unpaired) electrons. The Morgan fingerprint density at radius 3 is 2.68 bits per heavy atom. The van der Waals surface area contributed by atoms with Gasteiger partial charge >= 0.3 is 6.09 Å². The summed E-state index contributed by atoms with van der Waals surface area (Å²) in [6, 6.07) is 8.96. The number of nitrogens with one attached hydrogen (secondary N) is 2. The van der Waals surface area contributed by atoms with E-state index in [1.165, 1.54) is 3.57 Å². The maximum atomic E-state index is 11.9. The number of rotatable bonds is 3. The van der Waals surface area contributed by atoms with Gasteiger partial charge in [0.1, 0.15) is 5.60 Å². The number of hydrogen-bond donors (Lipinski definition) is 2. The highest BCUT2D eigenvalue weighted by Gasteiger charge is 2.25. The lowest BCUT2D eigenvalue weighted by molar-refractivity contribution is 0.0492. The molecule has 2 unspecified atom stereocenters. The quantitative estimate of drug-likeness (QED) is 0.712. The lowest BCUT2D eigenvalue weighted by atomic mass is 9.91. The smallest absolute Gasteiger partial charge is 0.407 e. The molecule has 1 aliphatic rings. The zero-order valence-corrected chi connectivity index (χ0v) is 15.6. The molecule has 2 N–H and O–H groups in total. The second-order valence-electron chi connectivity index (χ2n) is 6.86. The van der Waals surface area contributed by atoms with Crippen molar-refractivity contribution in [2.75, 3.05) is 5.32 Å². The van der Waals surface area contributed by atoms with Crippen LogP contribution in [0.5, 0.6) is 0 Å². The van der Waals surface area contributed by atoms with Crippen LogP contribution in [0.15, 0.2) is 24.3 Å². The number of carbonyl (C=O) groups is 1. The lowest BCUT2D eigenvalue weighted by Gasteiger charge is -2.31. The Bertz CT molecular complexity index is 514. The van der Waals surface area contributed by atoms with Crippen molar-refractivity contribution in [2.24, 2.45) is 0 Å². The standard InChI is InChI=1S/C17H25IN2O2/c1-17(2,3)22-16(21)20-15-9-5-8-14(11-15)19-13-7-4-6-12(18)10-13/h4,6-7,10,14-15,19H,5,8-9,11H2,1-3H3,(H,20,21). The molecule has 0 saturated heterocycles. The van der Waals surface area contributed by atoms with Gasteiger partial charge in [0.05, 0.1) is 0 Å². The predicted molar refractivity (Wildman–Crippen MR) is 98.2 cm³/mol. The van der Waals surface area contributed by atoms with E-state index in [9.17, 15) is 4.79 Å². The van der Waals surface area contributed by atoms with Crippen LogP contribution in [0.3, 0.4) is 0 Å². The molecule has 0 heterocycles. The van der Waals surface area contributed by atoms with Crippen molar-refractivity contribution in [3.63, 3.8) is 0 Å². The number of amides is 1. The fraction of sp³-hybridized carbons (Fsp3) is 0.588. The molecule has 22 heavy (non-hydrogen) atoms. The molecular formula is C17H25IN2O2. The number of hydrogen-bond acceptors (Lipinski definition) is 3. The van der Waals surface area contributed by atoms with Crippen molar-refractivity contribution in [3.8, 4) is 0 Å². The average molecular weight is 416 g/mol. The van der Waals surface area contributed by atoms with E-state index in [2.05, 4.69) is 57.5 Å². The average Bonchev–Trinajstić information content (AvgIpc) is 2.36. The fourth-order valence-electron chi connectivity index (χ4n) is 2.74. The predicted octanol–water partition coefficient (Wildman–Crippen LogP) is 4.54. The van der Waals surface area contributed by atoms with Crippen LogP contribution in [-0.2, 0) is 4.74 Å². The molecular weight excluding hydrogens is 391 g/mol. The van der Waals surface area contributed by atoms with Crippen molar-refractivity contribution < 1.29 is 9.53 Å². The molecule has 4 nitrogen and oxygen atoms in total. The number of halogens is 1. The van der Waals surface area contributed by atoms with Gasteiger partial charge in [0.25, 0.3) is 0 Å². The van der Waals surface area contributed by atoms with Crippen LogP contribution in [0.2, 0.25) is 0 Å². The van der Waals surface area contributed by atoms with Gasteiger partial charge in [-0.15, -0.1) is 0 Å². The minimum absolute atomic E-state index is 0.184. The highest BCUT2D eigenvalue weighted by molar-refractivity contribution is 14.1. The Morgan fingerprint density at radius 2 is 2.00 bits per heavy atom. The summed E-state index contributed by atoms with van der Waals surface area (Å²) < 4.78 is 6.56. The van der Waals surface area contributed by atoms with Crippen LogP contribution >= 0.6 is 22.6 Å². The van der Waals surface area contributed by atoms with E-state index in [1.807, 2.05) is 20.8 Å². The van der Waals surface area contributed by atoms with E-state index in [1.54, 1.807) is 0 Å². The normalized spacial score (nSPS) is 22.0. The van der Waals surface area contributed by atoms with Crippen molar-refractivity contribution in [3.05, 3.63) is 27.8 Å². The summed E-state index contributed by atoms with van der Waals surface area (Å²) in [4.78, 5) is 11.9. The first-order valence-corrected chi connectivity index (χ1v) is 8.91. The van der Waals surface area contributed by atoms with Gasteiger partial charge in [-0.05, 0) is 87.2 Å². The van der Waals surface area contributed by atoms with E-state index in [0.29, 0.717) is 6.04 Å². The van der Waals surface area contributed by atoms with Gasteiger partial charge in [0.15, 0.2) is 0 Å². The molecule has 122 valence electrons. The highest BCUT2D eigenvalue weighted by Crippen LogP contribution is 2.23. The van der Waals surface area contributed by atoms with Crippen LogP contribution in [0.1, 0.15) is 46.5 Å². The molecule has 0 spiro atoms. The topological polar surface area (TPSA) is 50.4 Å². The Balaban J connectivity index is 1.85. The molecule has 2 atom stereocenters. The third-order valence-electron chi connectivity index (χ3n) is 3.59. The van der Waals surface area contributed by atoms with Crippen LogP contribution in [-0.4, -0.2) is 23.8 Å². The molecule has 1 amide bonds. The van der Waals surface area contributed by atoms with E-state index in [-0.39, 0.29) is 12.1 Å². The van der Waals surface area contributed by atoms with Crippen molar-refractivity contribution >= 4 is 34.4 Å². The third-order valence-corrected chi connectivity index (χ3v) is 4.26. The van der Waals surface area contributed by atoms with Crippen molar-refractivity contribution in [2.45, 2.75) is 64.1 Å². The maximum absolute atomic E-state index is 11.9. The first-order valence-electron chi connectivity index (χ1n) is 7.83. The minimum Gasteiger partial charge on any atom is -0.444 e. The van der Waals surface area contributed by atoms with E-state index < -0.39 is 5.60 Å². The van der Waals surface area contributed by atoms with Gasteiger partial charge in [-0.1, -0.05) is 6.07 Å². The van der Waals surface area contributed by atoms with Gasteiger partial charge in [0.2, 0.25) is 0 Å². The number of carbonyl (C=O) groups excluding carboxylic acids is 1. The molecule has 1 aromatic carbocycles. The van der Waals surface area contributed by atoms with Gasteiger partial charge in [0, 0.05) is 21.3 Å². The molecule has 1 saturated carbocycles. The molecule has 1 aromatic rings. The summed E-state index contributed by atoms with van der Waals surface area (Å²) >= 11 is 2.32. The largest absolute Gasteiger partial charge is 0.444 e. The lowest BCUT2D eigenvalue weighted by Crippen LogP contribution is -2.43. The number of benzene rings is 1. The molecule has 5 heteroatoms. The first-order chi connectivity index (χ1) is 10.3. The summed E-state index contributed by atoms with van der Waals surface area (Å²) in [6.45, 7) is 5.65. The zero-order chi connectivity index (χ0) is 16.2. The van der Waals surface area contributed by atoms with Gasteiger partial charge in [-0.3, -0.25) is 0 Å². The van der Waals surface area contributed by atoms with Gasteiger partial charge in [-0.25, -0.2) is 4.79 Å². The Labute approximate surface area is 146 Å². The van der Waals surface area contributed by atoms with Gasteiger partial charge in [-0.2, -0.15) is 0 Å². The monoisotopic (exact) mass is 416 g/mol. The van der Waals surface area contributed by atoms with Crippen molar-refractivity contribution in [1.82, 2.24) is 5.32 Å². The second-order valence-corrected chi connectivity index (χ2v) is 8.11. The van der Waals surface area contributed by atoms with E-state index in [4.69, 9.17) is 4.74 Å². The number of anilines is 1. The minimum atomic E-state index is -0.447. The van der Waals surface area contributed by atoms with Crippen molar-refractivity contribution in [1.29, 1.82) is 0 Å². The van der Waals surface area contributed by atoms with Crippen LogP contribution in [0, 0.1) is 3.57 Å². The molecule has 0 bridgehead atoms.